The molecule has 1 aromatic carbocycles. The fourth-order valence-corrected chi connectivity index (χ4v) is 4.49. The molecule has 2 aliphatic heterocycles. The molecule has 0 saturated carbocycles. The monoisotopic (exact) mass is 341 g/mol. The minimum Gasteiger partial charge on any atom is -0.348 e. The number of para-hydroxylation sites is 1. The third-order valence-corrected chi connectivity index (χ3v) is 5.82. The van der Waals surface area contributed by atoms with Gasteiger partial charge in [-0.15, -0.1) is 0 Å². The molecule has 134 valence electrons. The Morgan fingerprint density at radius 1 is 1.20 bits per heavy atom. The number of benzene rings is 1. The molecule has 3 atom stereocenters. The fourth-order valence-electron chi connectivity index (χ4n) is 4.49. The lowest BCUT2D eigenvalue weighted by Gasteiger charge is -2.50. The number of carbonyl (C=O) groups is 1. The van der Waals surface area contributed by atoms with E-state index in [4.69, 9.17) is 0 Å². The lowest BCUT2D eigenvalue weighted by molar-refractivity contribution is 0.00837. The van der Waals surface area contributed by atoms with Crippen molar-refractivity contribution in [1.29, 1.82) is 0 Å². The van der Waals surface area contributed by atoms with Gasteiger partial charge in [0.2, 0.25) is 0 Å². The lowest BCUT2D eigenvalue weighted by atomic mass is 9.88. The summed E-state index contributed by atoms with van der Waals surface area (Å²) in [6, 6.07) is 9.25. The summed E-state index contributed by atoms with van der Waals surface area (Å²) >= 11 is 0. The zero-order valence-corrected chi connectivity index (χ0v) is 15.3. The maximum Gasteiger partial charge on any atom is 0.272 e. The van der Waals surface area contributed by atoms with E-state index < -0.39 is 0 Å². The van der Waals surface area contributed by atoms with Crippen LogP contribution in [0.3, 0.4) is 0 Å². The highest BCUT2D eigenvalue weighted by Crippen LogP contribution is 2.27. The number of likely N-dealkylation sites (N-methyl/N-ethyl adjacent to an activating group) is 2. The summed E-state index contributed by atoms with van der Waals surface area (Å²) in [5, 5.41) is 8.77. The topological polar surface area (TPSA) is 53.4 Å². The number of piperazine rings is 1. The zero-order valence-electron chi connectivity index (χ0n) is 15.3. The number of rotatable bonds is 3. The van der Waals surface area contributed by atoms with Crippen LogP contribution in [0.1, 0.15) is 30.3 Å². The maximum atomic E-state index is 12.9. The molecule has 0 aliphatic carbocycles. The van der Waals surface area contributed by atoms with Crippen molar-refractivity contribution in [1.82, 2.24) is 24.9 Å². The Morgan fingerprint density at radius 2 is 1.88 bits per heavy atom. The molecular weight excluding hydrogens is 314 g/mol. The highest BCUT2D eigenvalue weighted by Gasteiger charge is 2.38. The number of piperidine rings is 1. The van der Waals surface area contributed by atoms with Gasteiger partial charge in [-0.1, -0.05) is 18.2 Å². The van der Waals surface area contributed by atoms with Crippen LogP contribution in [0.15, 0.2) is 24.3 Å². The standard InChI is InChI=1S/C19H27N5O/c1-4-24-17-8-6-5-7-16(17)18(21-24)19(25)20-13-9-14-11-22(2)12-15(10-13)23(14)3/h5-8,13-15H,4,9-12H2,1-3H3,(H,20,25)/t13-,14-,15+. The molecule has 2 bridgehead atoms. The van der Waals surface area contributed by atoms with E-state index in [9.17, 15) is 4.79 Å². The van der Waals surface area contributed by atoms with Gasteiger partial charge in [-0.05, 0) is 39.9 Å². The van der Waals surface area contributed by atoms with E-state index in [0.29, 0.717) is 17.8 Å². The van der Waals surface area contributed by atoms with Crippen LogP contribution in [0.25, 0.3) is 10.9 Å². The predicted octanol–water partition coefficient (Wildman–Crippen LogP) is 1.56. The Bertz CT molecular complexity index is 769. The van der Waals surface area contributed by atoms with Gasteiger partial charge in [-0.25, -0.2) is 0 Å². The van der Waals surface area contributed by atoms with Gasteiger partial charge in [0.1, 0.15) is 0 Å². The summed E-state index contributed by atoms with van der Waals surface area (Å²) in [5.41, 5.74) is 1.58. The average Bonchev–Trinajstić information content (AvgIpc) is 2.96. The largest absolute Gasteiger partial charge is 0.348 e. The number of likely N-dealkylation sites (tertiary alicyclic amines) is 1. The second kappa shape index (κ2) is 6.42. The first-order valence-electron chi connectivity index (χ1n) is 9.23. The Morgan fingerprint density at radius 3 is 2.56 bits per heavy atom. The van der Waals surface area contributed by atoms with Crippen LogP contribution in [-0.4, -0.2) is 70.8 Å². The molecule has 2 fully saturated rings. The number of amides is 1. The van der Waals surface area contributed by atoms with E-state index >= 15 is 0 Å². The van der Waals surface area contributed by atoms with Crippen molar-refractivity contribution in [2.75, 3.05) is 27.2 Å². The minimum atomic E-state index is -0.0376. The lowest BCUT2D eigenvalue weighted by Crippen LogP contribution is -2.63. The number of nitrogens with zero attached hydrogens (tertiary/aromatic N) is 4. The van der Waals surface area contributed by atoms with E-state index in [1.807, 2.05) is 28.9 Å². The second-order valence-corrected chi connectivity index (χ2v) is 7.52. The van der Waals surface area contributed by atoms with Crippen LogP contribution < -0.4 is 5.32 Å². The molecule has 0 radical (unpaired) electrons. The first kappa shape index (κ1) is 16.5. The highest BCUT2D eigenvalue weighted by molar-refractivity contribution is 6.04. The second-order valence-electron chi connectivity index (χ2n) is 7.52. The predicted molar refractivity (Wildman–Crippen MR) is 98.7 cm³/mol. The average molecular weight is 341 g/mol. The molecule has 3 heterocycles. The van der Waals surface area contributed by atoms with Gasteiger partial charge in [0.05, 0.1) is 5.52 Å². The third kappa shape index (κ3) is 2.93. The SMILES string of the molecule is CCn1nc(C(=O)N[C@@H]2C[C@@H]3CN(C)C[C@H](C2)N3C)c2ccccc21. The highest BCUT2D eigenvalue weighted by atomic mass is 16.2. The van der Waals surface area contributed by atoms with Crippen molar-refractivity contribution in [3.63, 3.8) is 0 Å². The quantitative estimate of drug-likeness (QED) is 0.921. The summed E-state index contributed by atoms with van der Waals surface area (Å²) in [4.78, 5) is 17.8. The number of aryl methyl sites for hydroxylation is 1. The van der Waals surface area contributed by atoms with Crippen LogP contribution in [0.5, 0.6) is 0 Å². The molecule has 2 saturated heterocycles. The molecule has 0 unspecified atom stereocenters. The van der Waals surface area contributed by atoms with E-state index in [1.165, 1.54) is 0 Å². The van der Waals surface area contributed by atoms with Gasteiger partial charge in [-0.3, -0.25) is 14.4 Å². The summed E-state index contributed by atoms with van der Waals surface area (Å²) in [6.07, 6.45) is 2.02. The van der Waals surface area contributed by atoms with Crippen LogP contribution >= 0.6 is 0 Å². The van der Waals surface area contributed by atoms with Gasteiger partial charge in [0, 0.05) is 43.1 Å². The molecule has 2 aromatic rings. The van der Waals surface area contributed by atoms with E-state index in [0.717, 1.165) is 43.4 Å². The van der Waals surface area contributed by atoms with Crippen LogP contribution in [0.4, 0.5) is 0 Å². The molecule has 1 N–H and O–H groups in total. The Hall–Kier alpha value is -1.92. The van der Waals surface area contributed by atoms with Crippen LogP contribution in [0, 0.1) is 0 Å². The van der Waals surface area contributed by atoms with Crippen molar-refractivity contribution >= 4 is 16.8 Å². The fraction of sp³-hybridized carbons (Fsp3) is 0.579. The Balaban J connectivity index is 1.53. The molecule has 2 aliphatic rings. The Kier molecular flexibility index (Phi) is 4.25. The first-order chi connectivity index (χ1) is 12.1. The molecule has 1 aromatic heterocycles. The third-order valence-electron chi connectivity index (χ3n) is 5.82. The van der Waals surface area contributed by atoms with Crippen molar-refractivity contribution in [2.24, 2.45) is 0 Å². The van der Waals surface area contributed by atoms with Crippen molar-refractivity contribution in [3.8, 4) is 0 Å². The number of fused-ring (bicyclic) bond motifs is 3. The van der Waals surface area contributed by atoms with Gasteiger partial charge in [0.25, 0.3) is 5.91 Å². The van der Waals surface area contributed by atoms with Gasteiger partial charge in [0.15, 0.2) is 5.69 Å². The van der Waals surface area contributed by atoms with Gasteiger partial charge in [-0.2, -0.15) is 5.10 Å². The number of carbonyl (C=O) groups excluding carboxylic acids is 1. The van der Waals surface area contributed by atoms with Crippen molar-refractivity contribution in [2.45, 2.75) is 44.4 Å². The molecule has 0 spiro atoms. The molecule has 1 amide bonds. The summed E-state index contributed by atoms with van der Waals surface area (Å²) in [5.74, 6) is -0.0376. The van der Waals surface area contributed by atoms with E-state index in [-0.39, 0.29) is 11.9 Å². The molecule has 6 heteroatoms. The Labute approximate surface area is 148 Å². The summed E-state index contributed by atoms with van der Waals surface area (Å²) in [7, 11) is 4.41. The number of hydrogen-bond donors (Lipinski definition) is 1. The van der Waals surface area contributed by atoms with Gasteiger partial charge < -0.3 is 10.2 Å². The number of hydrogen-bond acceptors (Lipinski definition) is 4. The first-order valence-corrected chi connectivity index (χ1v) is 9.23. The van der Waals surface area contributed by atoms with Gasteiger partial charge >= 0.3 is 0 Å². The smallest absolute Gasteiger partial charge is 0.272 e. The molecular formula is C19H27N5O. The molecule has 25 heavy (non-hydrogen) atoms. The van der Waals surface area contributed by atoms with Crippen LogP contribution in [0.2, 0.25) is 0 Å². The molecule has 6 nitrogen and oxygen atoms in total. The van der Waals surface area contributed by atoms with E-state index in [1.54, 1.807) is 0 Å². The number of aromatic nitrogens is 2. The summed E-state index contributed by atoms with van der Waals surface area (Å²) in [6.45, 7) is 4.97. The minimum absolute atomic E-state index is 0.0376. The summed E-state index contributed by atoms with van der Waals surface area (Å²) < 4.78 is 1.91. The zero-order chi connectivity index (χ0) is 17.6. The van der Waals surface area contributed by atoms with Crippen LogP contribution in [-0.2, 0) is 6.54 Å². The number of nitrogens with one attached hydrogen (secondary N) is 1. The van der Waals surface area contributed by atoms with E-state index in [2.05, 4.69) is 41.2 Å². The van der Waals surface area contributed by atoms with Crippen molar-refractivity contribution < 1.29 is 4.79 Å². The maximum absolute atomic E-state index is 12.9. The molecule has 4 rings (SSSR count). The normalized spacial score (nSPS) is 27.6. The van der Waals surface area contributed by atoms with Crippen molar-refractivity contribution in [3.05, 3.63) is 30.0 Å².